The first kappa shape index (κ1) is 17.2. The first-order valence-corrected chi connectivity index (χ1v) is 9.23. The average Bonchev–Trinajstić information content (AvgIpc) is 2.64. The molecule has 3 nitrogen and oxygen atoms in total. The van der Waals surface area contributed by atoms with Gasteiger partial charge in [0.1, 0.15) is 5.75 Å². The average molecular weight is 327 g/mol. The zero-order valence-corrected chi connectivity index (χ0v) is 15.0. The van der Waals surface area contributed by atoms with E-state index in [1.54, 1.807) is 0 Å². The third-order valence-corrected chi connectivity index (χ3v) is 5.00. The third-order valence-electron chi connectivity index (χ3n) is 5.00. The molecule has 0 aliphatic carbocycles. The first-order chi connectivity index (χ1) is 11.8. The molecule has 1 atom stereocenters. The van der Waals surface area contributed by atoms with Crippen LogP contribution in [0.25, 0.3) is 10.8 Å². The van der Waals surface area contributed by atoms with Crippen LogP contribution in [0.15, 0.2) is 36.4 Å². The fraction of sp³-hybridized carbons (Fsp3) is 0.524. The van der Waals surface area contributed by atoms with E-state index in [1.165, 1.54) is 16.3 Å². The summed E-state index contributed by atoms with van der Waals surface area (Å²) in [5.41, 5.74) is 1.34. The van der Waals surface area contributed by atoms with Crippen LogP contribution in [-0.2, 0) is 4.74 Å². The second-order valence-corrected chi connectivity index (χ2v) is 6.70. The predicted molar refractivity (Wildman–Crippen MR) is 100 cm³/mol. The summed E-state index contributed by atoms with van der Waals surface area (Å²) in [5.74, 6) is 1.58. The first-order valence-electron chi connectivity index (χ1n) is 9.23. The van der Waals surface area contributed by atoms with Crippen LogP contribution in [0.5, 0.6) is 5.75 Å². The highest BCUT2D eigenvalue weighted by molar-refractivity contribution is 5.85. The van der Waals surface area contributed by atoms with Crippen molar-refractivity contribution in [1.82, 2.24) is 4.90 Å². The lowest BCUT2D eigenvalue weighted by atomic mass is 9.95. The van der Waals surface area contributed by atoms with Crippen LogP contribution in [0, 0.1) is 0 Å². The highest BCUT2D eigenvalue weighted by Crippen LogP contribution is 2.33. The molecule has 0 aromatic heterocycles. The molecule has 1 saturated heterocycles. The molecule has 2 aromatic carbocycles. The standard InChI is InChI=1S/C21H29NO2/c1-3-17(2)20-15-18-7-4-5-8-19(18)16-21(20)24-12-6-9-22-10-13-23-14-11-22/h4-5,7-8,15-17H,3,6,9-14H2,1-2H3. The zero-order valence-electron chi connectivity index (χ0n) is 15.0. The Morgan fingerprint density at radius 1 is 1.12 bits per heavy atom. The molecular formula is C21H29NO2. The topological polar surface area (TPSA) is 21.7 Å². The van der Waals surface area contributed by atoms with Crippen LogP contribution in [0.3, 0.4) is 0 Å². The van der Waals surface area contributed by atoms with E-state index in [0.29, 0.717) is 5.92 Å². The number of rotatable bonds is 7. The number of benzene rings is 2. The van der Waals surface area contributed by atoms with Crippen molar-refractivity contribution >= 4 is 10.8 Å². The van der Waals surface area contributed by atoms with Gasteiger partial charge in [-0.15, -0.1) is 0 Å². The lowest BCUT2D eigenvalue weighted by Gasteiger charge is -2.26. The molecule has 1 unspecified atom stereocenters. The Kier molecular flexibility index (Phi) is 6.11. The second-order valence-electron chi connectivity index (χ2n) is 6.70. The molecule has 1 heterocycles. The smallest absolute Gasteiger partial charge is 0.123 e. The maximum Gasteiger partial charge on any atom is 0.123 e. The van der Waals surface area contributed by atoms with Crippen LogP contribution in [0.1, 0.15) is 38.2 Å². The van der Waals surface area contributed by atoms with Crippen molar-refractivity contribution in [3.8, 4) is 5.75 Å². The quantitative estimate of drug-likeness (QED) is 0.701. The minimum atomic E-state index is 0.517. The fourth-order valence-electron chi connectivity index (χ4n) is 3.26. The van der Waals surface area contributed by atoms with Gasteiger partial charge in [-0.25, -0.2) is 0 Å². The Bertz CT molecular complexity index is 649. The molecule has 0 saturated carbocycles. The molecule has 3 rings (SSSR count). The summed E-state index contributed by atoms with van der Waals surface area (Å²) in [6.45, 7) is 10.2. The van der Waals surface area contributed by atoms with E-state index >= 15 is 0 Å². The molecular weight excluding hydrogens is 298 g/mol. The summed E-state index contributed by atoms with van der Waals surface area (Å²) in [7, 11) is 0. The number of hydrogen-bond donors (Lipinski definition) is 0. The molecule has 0 N–H and O–H groups in total. The third kappa shape index (κ3) is 4.28. The van der Waals surface area contributed by atoms with Gasteiger partial charge in [0.15, 0.2) is 0 Å². The Balaban J connectivity index is 1.65. The molecule has 0 spiro atoms. The highest BCUT2D eigenvalue weighted by atomic mass is 16.5. The summed E-state index contributed by atoms with van der Waals surface area (Å²) in [6, 6.07) is 13.1. The van der Waals surface area contributed by atoms with E-state index in [4.69, 9.17) is 9.47 Å². The molecule has 0 radical (unpaired) electrons. The summed E-state index contributed by atoms with van der Waals surface area (Å²) < 4.78 is 11.6. The van der Waals surface area contributed by atoms with Gasteiger partial charge in [0.05, 0.1) is 19.8 Å². The van der Waals surface area contributed by atoms with Crippen molar-refractivity contribution in [2.45, 2.75) is 32.6 Å². The molecule has 24 heavy (non-hydrogen) atoms. The monoisotopic (exact) mass is 327 g/mol. The SMILES string of the molecule is CCC(C)c1cc2ccccc2cc1OCCCN1CCOCC1. The number of nitrogens with zero attached hydrogens (tertiary/aromatic N) is 1. The van der Waals surface area contributed by atoms with Crippen molar-refractivity contribution < 1.29 is 9.47 Å². The maximum atomic E-state index is 6.20. The van der Waals surface area contributed by atoms with Crippen molar-refractivity contribution in [3.05, 3.63) is 42.0 Å². The van der Waals surface area contributed by atoms with Crippen LogP contribution >= 0.6 is 0 Å². The molecule has 0 bridgehead atoms. The predicted octanol–water partition coefficient (Wildman–Crippen LogP) is 4.45. The molecule has 1 fully saturated rings. The number of ether oxygens (including phenoxy) is 2. The minimum absolute atomic E-state index is 0.517. The van der Waals surface area contributed by atoms with Gasteiger partial charge in [-0.2, -0.15) is 0 Å². The summed E-state index contributed by atoms with van der Waals surface area (Å²) in [4.78, 5) is 2.46. The van der Waals surface area contributed by atoms with Gasteiger partial charge >= 0.3 is 0 Å². The van der Waals surface area contributed by atoms with E-state index in [9.17, 15) is 0 Å². The van der Waals surface area contributed by atoms with Crippen molar-refractivity contribution in [2.75, 3.05) is 39.5 Å². The van der Waals surface area contributed by atoms with Crippen LogP contribution in [-0.4, -0.2) is 44.4 Å². The van der Waals surface area contributed by atoms with E-state index in [2.05, 4.69) is 55.1 Å². The Morgan fingerprint density at radius 3 is 2.54 bits per heavy atom. The maximum absolute atomic E-state index is 6.20. The summed E-state index contributed by atoms with van der Waals surface area (Å²) in [6.07, 6.45) is 2.19. The minimum Gasteiger partial charge on any atom is -0.493 e. The Morgan fingerprint density at radius 2 is 1.83 bits per heavy atom. The van der Waals surface area contributed by atoms with E-state index in [0.717, 1.165) is 58.0 Å². The van der Waals surface area contributed by atoms with Crippen molar-refractivity contribution in [1.29, 1.82) is 0 Å². The summed E-state index contributed by atoms with van der Waals surface area (Å²) >= 11 is 0. The van der Waals surface area contributed by atoms with Crippen molar-refractivity contribution in [2.24, 2.45) is 0 Å². The van der Waals surface area contributed by atoms with Gasteiger partial charge in [0.25, 0.3) is 0 Å². The molecule has 130 valence electrons. The normalized spacial score (nSPS) is 17.1. The Labute approximate surface area is 145 Å². The largest absolute Gasteiger partial charge is 0.493 e. The van der Waals surface area contributed by atoms with E-state index in [-0.39, 0.29) is 0 Å². The molecule has 0 amide bonds. The molecule has 1 aliphatic rings. The van der Waals surface area contributed by atoms with E-state index < -0.39 is 0 Å². The summed E-state index contributed by atoms with van der Waals surface area (Å²) in [5, 5.41) is 2.56. The van der Waals surface area contributed by atoms with Gasteiger partial charge in [-0.3, -0.25) is 4.90 Å². The molecule has 2 aromatic rings. The number of fused-ring (bicyclic) bond motifs is 1. The van der Waals surface area contributed by atoms with Gasteiger partial charge in [0.2, 0.25) is 0 Å². The van der Waals surface area contributed by atoms with Gasteiger partial charge in [-0.05, 0) is 47.2 Å². The lowest BCUT2D eigenvalue weighted by molar-refractivity contribution is 0.0358. The van der Waals surface area contributed by atoms with Gasteiger partial charge < -0.3 is 9.47 Å². The van der Waals surface area contributed by atoms with Gasteiger partial charge in [-0.1, -0.05) is 38.1 Å². The highest BCUT2D eigenvalue weighted by Gasteiger charge is 2.13. The molecule has 1 aliphatic heterocycles. The lowest BCUT2D eigenvalue weighted by Crippen LogP contribution is -2.37. The number of morpholine rings is 1. The second kappa shape index (κ2) is 8.50. The van der Waals surface area contributed by atoms with Crippen molar-refractivity contribution in [3.63, 3.8) is 0 Å². The van der Waals surface area contributed by atoms with Crippen LogP contribution in [0.2, 0.25) is 0 Å². The fourth-order valence-corrected chi connectivity index (χ4v) is 3.26. The molecule has 3 heteroatoms. The van der Waals surface area contributed by atoms with E-state index in [1.807, 2.05) is 0 Å². The number of hydrogen-bond acceptors (Lipinski definition) is 3. The van der Waals surface area contributed by atoms with Crippen LogP contribution < -0.4 is 4.74 Å². The zero-order chi connectivity index (χ0) is 16.8. The van der Waals surface area contributed by atoms with Crippen LogP contribution in [0.4, 0.5) is 0 Å². The Hall–Kier alpha value is -1.58. The van der Waals surface area contributed by atoms with Gasteiger partial charge in [0, 0.05) is 19.6 Å².